The van der Waals surface area contributed by atoms with Crippen LogP contribution < -0.4 is 11.4 Å². The molecule has 0 spiro atoms. The molecule has 0 aliphatic heterocycles. The molecule has 3 nitrogen and oxygen atoms in total. The fourth-order valence-electron chi connectivity index (χ4n) is 3.27. The first kappa shape index (κ1) is 19.6. The molecule has 4 heteroatoms. The molecule has 0 heterocycles. The summed E-state index contributed by atoms with van der Waals surface area (Å²) in [6.45, 7) is 4.98. The van der Waals surface area contributed by atoms with Gasteiger partial charge in [-0.3, -0.25) is 5.84 Å². The number of rotatable bonds is 7. The third-order valence-electron chi connectivity index (χ3n) is 4.99. The van der Waals surface area contributed by atoms with Crippen molar-refractivity contribution in [2.75, 3.05) is 0 Å². The second-order valence-corrected chi connectivity index (χ2v) is 7.37. The molecule has 140 valence electrons. The van der Waals surface area contributed by atoms with E-state index in [0.717, 1.165) is 17.0 Å². The van der Waals surface area contributed by atoms with Crippen molar-refractivity contribution in [2.45, 2.75) is 32.9 Å². The molecule has 0 saturated carbocycles. The Bertz CT molecular complexity index is 863. The fourth-order valence-corrected chi connectivity index (χ4v) is 3.40. The monoisotopic (exact) mass is 379 g/mol. The third kappa shape index (κ3) is 5.18. The van der Waals surface area contributed by atoms with E-state index in [9.17, 15) is 0 Å². The average molecular weight is 380 g/mol. The summed E-state index contributed by atoms with van der Waals surface area (Å²) in [4.78, 5) is 0. The molecule has 3 aromatic carbocycles. The lowest BCUT2D eigenvalue weighted by Crippen LogP contribution is -2.45. The lowest BCUT2D eigenvalue weighted by Gasteiger charge is -2.31. The van der Waals surface area contributed by atoms with E-state index in [-0.39, 0.29) is 6.04 Å². The van der Waals surface area contributed by atoms with Crippen molar-refractivity contribution < 1.29 is 0 Å². The van der Waals surface area contributed by atoms with Crippen molar-refractivity contribution in [1.29, 1.82) is 0 Å². The van der Waals surface area contributed by atoms with Gasteiger partial charge in [0, 0.05) is 11.6 Å². The summed E-state index contributed by atoms with van der Waals surface area (Å²) >= 11 is 6.02. The van der Waals surface area contributed by atoms with E-state index in [1.807, 2.05) is 30.3 Å². The van der Waals surface area contributed by atoms with Crippen LogP contribution in [0.2, 0.25) is 5.02 Å². The maximum Gasteiger partial charge on any atom is 0.0550 e. The van der Waals surface area contributed by atoms with Gasteiger partial charge < -0.3 is 0 Å². The first-order valence-corrected chi connectivity index (χ1v) is 9.53. The van der Waals surface area contributed by atoms with Gasteiger partial charge in [0.25, 0.3) is 0 Å². The summed E-state index contributed by atoms with van der Waals surface area (Å²) < 4.78 is 0. The van der Waals surface area contributed by atoms with E-state index >= 15 is 0 Å². The Morgan fingerprint density at radius 1 is 0.889 bits per heavy atom. The number of aryl methyl sites for hydroxylation is 2. The topological polar surface area (TPSA) is 41.3 Å². The minimum absolute atomic E-state index is 0.106. The van der Waals surface area contributed by atoms with Crippen LogP contribution in [0.25, 0.3) is 0 Å². The second-order valence-electron chi connectivity index (χ2n) is 6.93. The van der Waals surface area contributed by atoms with Gasteiger partial charge in [-0.2, -0.15) is 5.53 Å². The quantitative estimate of drug-likeness (QED) is 0.442. The van der Waals surface area contributed by atoms with Crippen LogP contribution in [0.15, 0.2) is 72.8 Å². The van der Waals surface area contributed by atoms with Gasteiger partial charge in [-0.25, -0.2) is 5.01 Å². The molecule has 3 N–H and O–H groups in total. The van der Waals surface area contributed by atoms with E-state index < -0.39 is 0 Å². The number of nitrogens with zero attached hydrogens (tertiary/aromatic N) is 1. The number of nitrogens with two attached hydrogens (primary N) is 1. The summed E-state index contributed by atoms with van der Waals surface area (Å²) in [5.41, 5.74) is 9.20. The van der Waals surface area contributed by atoms with Gasteiger partial charge in [0.1, 0.15) is 0 Å². The number of hydrazine groups is 2. The van der Waals surface area contributed by atoms with Crippen LogP contribution in [0.5, 0.6) is 0 Å². The highest BCUT2D eigenvalue weighted by Crippen LogP contribution is 2.26. The fraction of sp³-hybridized carbons (Fsp3) is 0.217. The Kier molecular flexibility index (Phi) is 6.64. The van der Waals surface area contributed by atoms with E-state index in [1.165, 1.54) is 22.3 Å². The van der Waals surface area contributed by atoms with Crippen LogP contribution >= 0.6 is 11.6 Å². The number of nitrogens with one attached hydrogen (secondary N) is 1. The molecule has 1 unspecified atom stereocenters. The SMILES string of the molecule is Cc1ccc(CC(c2ccccc2)N(Cc2ccc(Cl)cc2)NN)cc1C. The summed E-state index contributed by atoms with van der Waals surface area (Å²) in [7, 11) is 0. The molecule has 0 radical (unpaired) electrons. The molecular formula is C23H26ClN3. The smallest absolute Gasteiger partial charge is 0.0550 e. The van der Waals surface area contributed by atoms with Crippen molar-refractivity contribution in [3.63, 3.8) is 0 Å². The zero-order valence-corrected chi connectivity index (χ0v) is 16.6. The van der Waals surface area contributed by atoms with Crippen LogP contribution in [-0.2, 0) is 13.0 Å². The van der Waals surface area contributed by atoms with Crippen LogP contribution in [0.1, 0.15) is 33.9 Å². The first-order chi connectivity index (χ1) is 13.1. The van der Waals surface area contributed by atoms with E-state index in [0.29, 0.717) is 6.54 Å². The highest BCUT2D eigenvalue weighted by Gasteiger charge is 2.21. The van der Waals surface area contributed by atoms with Crippen molar-refractivity contribution in [3.8, 4) is 0 Å². The molecule has 1 atom stereocenters. The maximum absolute atomic E-state index is 6.02. The van der Waals surface area contributed by atoms with E-state index in [2.05, 4.69) is 66.9 Å². The van der Waals surface area contributed by atoms with E-state index in [1.54, 1.807) is 0 Å². The Labute approximate surface area is 166 Å². The molecule has 0 fully saturated rings. The minimum Gasteiger partial charge on any atom is -0.258 e. The van der Waals surface area contributed by atoms with Gasteiger partial charge >= 0.3 is 0 Å². The second kappa shape index (κ2) is 9.16. The largest absolute Gasteiger partial charge is 0.258 e. The standard InChI is InChI=1S/C23H26ClN3/c1-17-8-9-20(14-18(17)2)15-23(21-6-4-3-5-7-21)27(26-25)16-19-10-12-22(24)13-11-19/h3-14,23,26H,15-16,25H2,1-2H3. The van der Waals surface area contributed by atoms with Gasteiger partial charge in [0.2, 0.25) is 0 Å². The van der Waals surface area contributed by atoms with Crippen molar-refractivity contribution in [3.05, 3.63) is 106 Å². The lowest BCUT2D eigenvalue weighted by molar-refractivity contribution is 0.113. The van der Waals surface area contributed by atoms with Crippen LogP contribution in [0.3, 0.4) is 0 Å². The predicted molar refractivity (Wildman–Crippen MR) is 113 cm³/mol. The average Bonchev–Trinajstić information content (AvgIpc) is 2.69. The number of hydrogen-bond acceptors (Lipinski definition) is 3. The lowest BCUT2D eigenvalue weighted by atomic mass is 9.96. The van der Waals surface area contributed by atoms with Crippen LogP contribution in [0.4, 0.5) is 0 Å². The highest BCUT2D eigenvalue weighted by molar-refractivity contribution is 6.30. The molecule has 0 aromatic heterocycles. The highest BCUT2D eigenvalue weighted by atomic mass is 35.5. The molecule has 0 bridgehead atoms. The number of benzene rings is 3. The zero-order chi connectivity index (χ0) is 19.2. The van der Waals surface area contributed by atoms with Gasteiger partial charge in [-0.05, 0) is 60.2 Å². The van der Waals surface area contributed by atoms with Gasteiger partial charge in [-0.1, -0.05) is 72.3 Å². The van der Waals surface area contributed by atoms with Crippen molar-refractivity contribution >= 4 is 11.6 Å². The zero-order valence-electron chi connectivity index (χ0n) is 15.8. The van der Waals surface area contributed by atoms with E-state index in [4.69, 9.17) is 17.4 Å². The summed E-state index contributed by atoms with van der Waals surface area (Å²) in [6, 6.07) is 25.1. The molecule has 27 heavy (non-hydrogen) atoms. The summed E-state index contributed by atoms with van der Waals surface area (Å²) in [5, 5.41) is 2.81. The molecular weight excluding hydrogens is 354 g/mol. The minimum atomic E-state index is 0.106. The van der Waals surface area contributed by atoms with Crippen molar-refractivity contribution in [1.82, 2.24) is 10.5 Å². The maximum atomic E-state index is 6.02. The van der Waals surface area contributed by atoms with Gasteiger partial charge in [-0.15, -0.1) is 0 Å². The predicted octanol–water partition coefficient (Wildman–Crippen LogP) is 5.12. The first-order valence-electron chi connectivity index (χ1n) is 9.15. The molecule has 0 amide bonds. The van der Waals surface area contributed by atoms with Crippen LogP contribution in [-0.4, -0.2) is 5.01 Å². The molecule has 0 saturated heterocycles. The Morgan fingerprint density at radius 2 is 1.56 bits per heavy atom. The van der Waals surface area contributed by atoms with Crippen molar-refractivity contribution in [2.24, 2.45) is 5.84 Å². The summed E-state index contributed by atoms with van der Waals surface area (Å²) in [5.74, 6) is 5.95. The number of halogens is 1. The van der Waals surface area contributed by atoms with Gasteiger partial charge in [0.15, 0.2) is 0 Å². The number of hydrogen-bond donors (Lipinski definition) is 2. The normalized spacial score (nSPS) is 12.3. The van der Waals surface area contributed by atoms with Crippen LogP contribution in [0, 0.1) is 13.8 Å². The Balaban J connectivity index is 1.89. The molecule has 0 aliphatic carbocycles. The van der Waals surface area contributed by atoms with Gasteiger partial charge in [0.05, 0.1) is 6.04 Å². The molecule has 3 rings (SSSR count). The Hall–Kier alpha value is -2.17. The Morgan fingerprint density at radius 3 is 2.19 bits per heavy atom. The molecule has 0 aliphatic rings. The molecule has 3 aromatic rings. The third-order valence-corrected chi connectivity index (χ3v) is 5.24. The summed E-state index contributed by atoms with van der Waals surface area (Å²) in [6.07, 6.45) is 0.864.